The summed E-state index contributed by atoms with van der Waals surface area (Å²) in [7, 11) is 0. The summed E-state index contributed by atoms with van der Waals surface area (Å²) in [6.07, 6.45) is 3.23. The zero-order valence-electron chi connectivity index (χ0n) is 14.1. The van der Waals surface area contributed by atoms with E-state index >= 15 is 0 Å². The number of hydrogen-bond donors (Lipinski definition) is 1. The molecule has 1 heterocycles. The highest BCUT2D eigenvalue weighted by atomic mass is 16.2. The van der Waals surface area contributed by atoms with Crippen molar-refractivity contribution in [2.24, 2.45) is 0 Å². The number of hydrogen-bond acceptors (Lipinski definition) is 2. The molecule has 0 aliphatic carbocycles. The summed E-state index contributed by atoms with van der Waals surface area (Å²) in [5, 5.41) is 3.09. The van der Waals surface area contributed by atoms with Crippen LogP contribution in [0, 0.1) is 6.92 Å². The minimum atomic E-state index is -0.214. The van der Waals surface area contributed by atoms with Crippen molar-refractivity contribution < 1.29 is 4.79 Å². The average molecular weight is 332 g/mol. The molecule has 1 aromatic heterocycles. The quantitative estimate of drug-likeness (QED) is 0.781. The van der Waals surface area contributed by atoms with Crippen molar-refractivity contribution in [3.63, 3.8) is 0 Å². The lowest BCUT2D eigenvalue weighted by Gasteiger charge is -2.20. The number of aromatic nitrogens is 1. The number of nitrogens with zero attached hydrogens (tertiary/aromatic N) is 1. The van der Waals surface area contributed by atoms with Crippen molar-refractivity contribution in [2.45, 2.75) is 19.5 Å². The zero-order valence-corrected chi connectivity index (χ0v) is 14.1. The van der Waals surface area contributed by atoms with E-state index in [1.807, 2.05) is 61.5 Å². The van der Waals surface area contributed by atoms with E-state index in [1.54, 1.807) is 17.0 Å². The van der Waals surface area contributed by atoms with Crippen LogP contribution in [0.25, 0.3) is 0 Å². The average Bonchev–Trinajstić information content (AvgIpc) is 2.63. The summed E-state index contributed by atoms with van der Waals surface area (Å²) in [6.45, 7) is 2.20. The van der Waals surface area contributed by atoms with Crippen molar-refractivity contribution >= 4 is 5.91 Å². The summed E-state index contributed by atoms with van der Waals surface area (Å²) in [5.41, 5.74) is 3.17. The van der Waals surface area contributed by atoms with E-state index in [-0.39, 0.29) is 23.9 Å². The van der Waals surface area contributed by atoms with E-state index in [0.717, 1.165) is 11.1 Å². The summed E-state index contributed by atoms with van der Waals surface area (Å²) < 4.78 is 1.69. The molecule has 2 aromatic carbocycles. The molecule has 3 rings (SSSR count). The van der Waals surface area contributed by atoms with Crippen molar-refractivity contribution in [3.05, 3.63) is 106 Å². The number of pyridine rings is 1. The predicted octanol–water partition coefficient (Wildman–Crippen LogP) is 3.06. The van der Waals surface area contributed by atoms with Crippen LogP contribution < -0.4 is 10.7 Å². The fraction of sp³-hybridized carbons (Fsp3) is 0.143. The molecule has 3 aromatic rings. The lowest BCUT2D eigenvalue weighted by Crippen LogP contribution is -2.32. The summed E-state index contributed by atoms with van der Waals surface area (Å²) >= 11 is 0. The van der Waals surface area contributed by atoms with Crippen LogP contribution in [0.1, 0.15) is 22.7 Å². The van der Waals surface area contributed by atoms with Crippen molar-refractivity contribution in [2.75, 3.05) is 0 Å². The lowest BCUT2D eigenvalue weighted by molar-refractivity contribution is -0.122. The minimum Gasteiger partial charge on any atom is -0.345 e. The van der Waals surface area contributed by atoms with Gasteiger partial charge < -0.3 is 9.88 Å². The van der Waals surface area contributed by atoms with Crippen LogP contribution >= 0.6 is 0 Å². The van der Waals surface area contributed by atoms with Crippen molar-refractivity contribution in [3.8, 4) is 0 Å². The van der Waals surface area contributed by atoms with Crippen LogP contribution in [0.3, 0.4) is 0 Å². The molecular formula is C21H20N2O2. The van der Waals surface area contributed by atoms with Gasteiger partial charge in [0.15, 0.2) is 5.43 Å². The molecule has 0 fully saturated rings. The summed E-state index contributed by atoms with van der Waals surface area (Å²) in [6, 6.07) is 20.7. The van der Waals surface area contributed by atoms with Crippen LogP contribution in [0.4, 0.5) is 0 Å². The number of carbonyl (C=O) groups excluding carboxylic acids is 1. The van der Waals surface area contributed by atoms with Gasteiger partial charge in [-0.1, -0.05) is 60.2 Å². The van der Waals surface area contributed by atoms with E-state index < -0.39 is 0 Å². The highest BCUT2D eigenvalue weighted by molar-refractivity contribution is 5.76. The number of carbonyl (C=O) groups is 1. The molecule has 0 aliphatic rings. The molecule has 126 valence electrons. The molecule has 1 unspecified atom stereocenters. The maximum Gasteiger partial charge on any atom is 0.240 e. The molecule has 1 N–H and O–H groups in total. The topological polar surface area (TPSA) is 51.1 Å². The third-order valence-corrected chi connectivity index (χ3v) is 4.04. The third-order valence-electron chi connectivity index (χ3n) is 4.04. The van der Waals surface area contributed by atoms with E-state index in [1.165, 1.54) is 17.7 Å². The van der Waals surface area contributed by atoms with Gasteiger partial charge in [0.25, 0.3) is 0 Å². The highest BCUT2D eigenvalue weighted by Crippen LogP contribution is 2.22. The number of rotatable bonds is 5. The first-order valence-electron chi connectivity index (χ1n) is 8.19. The molecule has 1 atom stereocenters. The normalized spacial score (nSPS) is 11.7. The number of aryl methyl sites for hydroxylation is 1. The maximum atomic E-state index is 12.5. The van der Waals surface area contributed by atoms with Gasteiger partial charge in [-0.3, -0.25) is 9.59 Å². The number of nitrogens with one attached hydrogen (secondary N) is 1. The standard InChI is InChI=1S/C21H20N2O2/c1-16-7-9-18(10-8-16)21(17-5-3-2-4-6-17)22-20(25)15-23-13-11-19(24)12-14-23/h2-14,21H,15H2,1H3,(H,22,25). The Hall–Kier alpha value is -3.14. The lowest BCUT2D eigenvalue weighted by atomic mass is 9.98. The van der Waals surface area contributed by atoms with E-state index in [4.69, 9.17) is 0 Å². The first-order valence-corrected chi connectivity index (χ1v) is 8.19. The Kier molecular flexibility index (Phi) is 5.09. The second-order valence-corrected chi connectivity index (χ2v) is 6.03. The summed E-state index contributed by atoms with van der Waals surface area (Å²) in [5.74, 6) is -0.113. The maximum absolute atomic E-state index is 12.5. The van der Waals surface area contributed by atoms with Gasteiger partial charge in [0.1, 0.15) is 6.54 Å². The van der Waals surface area contributed by atoms with E-state index in [0.29, 0.717) is 0 Å². The molecule has 0 spiro atoms. The smallest absolute Gasteiger partial charge is 0.240 e. The van der Waals surface area contributed by atoms with Crippen molar-refractivity contribution in [1.29, 1.82) is 0 Å². The Morgan fingerprint density at radius 3 is 2.16 bits per heavy atom. The molecule has 4 nitrogen and oxygen atoms in total. The Labute approximate surface area is 146 Å². The van der Waals surface area contributed by atoms with Gasteiger partial charge in [0, 0.05) is 24.5 Å². The molecular weight excluding hydrogens is 312 g/mol. The predicted molar refractivity (Wildman–Crippen MR) is 98.3 cm³/mol. The van der Waals surface area contributed by atoms with E-state index in [2.05, 4.69) is 5.32 Å². The SMILES string of the molecule is Cc1ccc(C(NC(=O)Cn2ccc(=O)cc2)c2ccccc2)cc1. The van der Waals surface area contributed by atoms with Gasteiger partial charge in [0.05, 0.1) is 6.04 Å². The number of amides is 1. The molecule has 0 saturated heterocycles. The molecule has 25 heavy (non-hydrogen) atoms. The van der Waals surface area contributed by atoms with Gasteiger partial charge in [-0.2, -0.15) is 0 Å². The van der Waals surface area contributed by atoms with Gasteiger partial charge in [0.2, 0.25) is 5.91 Å². The Bertz CT molecular complexity index is 879. The van der Waals surface area contributed by atoms with Crippen LogP contribution in [0.5, 0.6) is 0 Å². The van der Waals surface area contributed by atoms with Crippen LogP contribution in [0.15, 0.2) is 83.9 Å². The molecule has 4 heteroatoms. The molecule has 0 radical (unpaired) electrons. The Morgan fingerprint density at radius 2 is 1.52 bits per heavy atom. The first kappa shape index (κ1) is 16.7. The largest absolute Gasteiger partial charge is 0.345 e. The van der Waals surface area contributed by atoms with Crippen LogP contribution in [-0.4, -0.2) is 10.5 Å². The molecule has 0 saturated carbocycles. The van der Waals surface area contributed by atoms with Crippen molar-refractivity contribution in [1.82, 2.24) is 9.88 Å². The second-order valence-electron chi connectivity index (χ2n) is 6.03. The Morgan fingerprint density at radius 1 is 0.920 bits per heavy atom. The van der Waals surface area contributed by atoms with Gasteiger partial charge in [-0.15, -0.1) is 0 Å². The zero-order chi connectivity index (χ0) is 17.6. The molecule has 0 bridgehead atoms. The molecule has 1 amide bonds. The number of benzene rings is 2. The fourth-order valence-electron chi connectivity index (χ4n) is 2.69. The Balaban J connectivity index is 1.82. The summed E-state index contributed by atoms with van der Waals surface area (Å²) in [4.78, 5) is 23.7. The van der Waals surface area contributed by atoms with Crippen LogP contribution in [-0.2, 0) is 11.3 Å². The van der Waals surface area contributed by atoms with Gasteiger partial charge in [-0.25, -0.2) is 0 Å². The van der Waals surface area contributed by atoms with Gasteiger partial charge >= 0.3 is 0 Å². The third kappa shape index (κ3) is 4.44. The fourth-order valence-corrected chi connectivity index (χ4v) is 2.69. The second kappa shape index (κ2) is 7.62. The first-order chi connectivity index (χ1) is 12.1. The van der Waals surface area contributed by atoms with Crippen LogP contribution in [0.2, 0.25) is 0 Å². The highest BCUT2D eigenvalue weighted by Gasteiger charge is 2.16. The van der Waals surface area contributed by atoms with Gasteiger partial charge in [-0.05, 0) is 18.1 Å². The van der Waals surface area contributed by atoms with E-state index in [9.17, 15) is 9.59 Å². The molecule has 0 aliphatic heterocycles. The minimum absolute atomic E-state index is 0.0709. The monoisotopic (exact) mass is 332 g/mol.